The molecule has 0 spiro atoms. The number of nitro groups is 2. The van der Waals surface area contributed by atoms with Crippen LogP contribution in [0.25, 0.3) is 6.08 Å². The van der Waals surface area contributed by atoms with Gasteiger partial charge in [0.25, 0.3) is 11.4 Å². The van der Waals surface area contributed by atoms with Crippen LogP contribution in [0.5, 0.6) is 0 Å². The van der Waals surface area contributed by atoms with E-state index in [9.17, 15) is 44.2 Å². The largest absolute Gasteiger partial charge is 0.463 e. The molecule has 0 saturated carbocycles. The Morgan fingerprint density at radius 3 is 1.66 bits per heavy atom. The third kappa shape index (κ3) is 15.8. The molecule has 0 saturated heterocycles. The predicted molar refractivity (Wildman–Crippen MR) is 148 cm³/mol. The molecular formula is C28H32N2O11. The smallest absolute Gasteiger partial charge is 0.342 e. The lowest BCUT2D eigenvalue weighted by molar-refractivity contribution is -0.385. The number of carbonyl (C=O) groups is 5. The Morgan fingerprint density at radius 1 is 0.805 bits per heavy atom. The molecule has 41 heavy (non-hydrogen) atoms. The van der Waals surface area contributed by atoms with Crippen LogP contribution in [0.1, 0.15) is 63.9 Å². The maximum atomic E-state index is 11.8. The Morgan fingerprint density at radius 2 is 1.27 bits per heavy atom. The number of hydrogen-bond acceptors (Lipinski definition) is 11. The Bertz CT molecular complexity index is 1300. The number of nitro benzene ring substituents is 2. The highest BCUT2D eigenvalue weighted by Crippen LogP contribution is 2.17. The van der Waals surface area contributed by atoms with E-state index < -0.39 is 27.6 Å². The van der Waals surface area contributed by atoms with Gasteiger partial charge in [-0.3, -0.25) is 39.4 Å². The molecule has 220 valence electrons. The van der Waals surface area contributed by atoms with Crippen molar-refractivity contribution in [2.75, 3.05) is 0 Å². The van der Waals surface area contributed by atoms with Gasteiger partial charge < -0.3 is 9.47 Å². The van der Waals surface area contributed by atoms with Gasteiger partial charge in [-0.2, -0.15) is 0 Å². The summed E-state index contributed by atoms with van der Waals surface area (Å²) in [5.74, 6) is -1.80. The first-order valence-corrected chi connectivity index (χ1v) is 12.1. The van der Waals surface area contributed by atoms with Gasteiger partial charge in [0.05, 0.1) is 22.1 Å². The molecule has 0 aromatic heterocycles. The molecule has 2 aromatic rings. The summed E-state index contributed by atoms with van der Waals surface area (Å²) in [4.78, 5) is 74.1. The summed E-state index contributed by atoms with van der Waals surface area (Å²) in [6, 6.07) is 11.2. The topological polar surface area (TPSA) is 190 Å². The van der Waals surface area contributed by atoms with E-state index >= 15 is 0 Å². The van der Waals surface area contributed by atoms with Gasteiger partial charge >= 0.3 is 11.9 Å². The SMILES string of the molecule is CC(=O)/C(=C/c1cccc([N+](=O)[O-])c1)C(=O)OC(C)C.CC(=O)CC(=O)OC(C)C.O=Cc1cccc([N+](=O)[O-])c1. The van der Waals surface area contributed by atoms with E-state index in [1.165, 1.54) is 62.4 Å². The number of rotatable bonds is 10. The molecule has 13 heteroatoms. The highest BCUT2D eigenvalue weighted by atomic mass is 16.6. The summed E-state index contributed by atoms with van der Waals surface area (Å²) >= 11 is 0. The summed E-state index contributed by atoms with van der Waals surface area (Å²) in [5.41, 5.74) is 0.400. The molecule has 0 radical (unpaired) electrons. The minimum absolute atomic E-state index is 0.0606. The van der Waals surface area contributed by atoms with Gasteiger partial charge in [-0.05, 0) is 53.2 Å². The van der Waals surface area contributed by atoms with Crippen LogP contribution in [0, 0.1) is 20.2 Å². The summed E-state index contributed by atoms with van der Waals surface area (Å²) in [7, 11) is 0. The van der Waals surface area contributed by atoms with Crippen molar-refractivity contribution in [2.24, 2.45) is 0 Å². The molecule has 0 aliphatic rings. The molecular weight excluding hydrogens is 540 g/mol. The highest BCUT2D eigenvalue weighted by Gasteiger charge is 2.18. The van der Waals surface area contributed by atoms with Crippen LogP contribution in [0.15, 0.2) is 54.1 Å². The first-order chi connectivity index (χ1) is 19.1. The third-order valence-corrected chi connectivity index (χ3v) is 4.31. The molecule has 0 amide bonds. The van der Waals surface area contributed by atoms with E-state index in [4.69, 9.17) is 9.47 Å². The summed E-state index contributed by atoms with van der Waals surface area (Å²) in [6.07, 6.45) is 1.27. The molecule has 0 atom stereocenters. The number of hydrogen-bond donors (Lipinski definition) is 0. The molecule has 0 heterocycles. The normalized spacial score (nSPS) is 10.3. The first kappa shape index (κ1) is 35.9. The maximum Gasteiger partial charge on any atom is 0.342 e. The van der Waals surface area contributed by atoms with Gasteiger partial charge in [0.15, 0.2) is 5.78 Å². The summed E-state index contributed by atoms with van der Waals surface area (Å²) in [5, 5.41) is 20.8. The molecule has 0 aliphatic heterocycles. The zero-order valence-corrected chi connectivity index (χ0v) is 23.5. The molecule has 0 N–H and O–H groups in total. The Balaban J connectivity index is 0.000000644. The van der Waals surface area contributed by atoms with Gasteiger partial charge in [-0.1, -0.05) is 24.3 Å². The van der Waals surface area contributed by atoms with Crippen molar-refractivity contribution < 1.29 is 43.3 Å². The van der Waals surface area contributed by atoms with Crippen molar-refractivity contribution in [2.45, 2.75) is 60.2 Å². The van der Waals surface area contributed by atoms with Crippen molar-refractivity contribution in [1.82, 2.24) is 0 Å². The lowest BCUT2D eigenvalue weighted by Crippen LogP contribution is -2.17. The van der Waals surface area contributed by atoms with Crippen LogP contribution in [-0.4, -0.2) is 51.8 Å². The number of benzene rings is 2. The van der Waals surface area contributed by atoms with Gasteiger partial charge in [-0.25, -0.2) is 4.79 Å². The van der Waals surface area contributed by atoms with Crippen molar-refractivity contribution >= 4 is 47.2 Å². The minimum Gasteiger partial charge on any atom is -0.463 e. The van der Waals surface area contributed by atoms with Crippen LogP contribution in [-0.2, 0) is 28.7 Å². The lowest BCUT2D eigenvalue weighted by Gasteiger charge is -2.08. The summed E-state index contributed by atoms with van der Waals surface area (Å²) in [6.45, 7) is 9.44. The van der Waals surface area contributed by atoms with E-state index in [0.29, 0.717) is 17.4 Å². The number of Topliss-reactive ketones (excluding diaryl/α,β-unsaturated/α-hetero) is 2. The molecule has 0 unspecified atom stereocenters. The average molecular weight is 573 g/mol. The fourth-order valence-corrected chi connectivity index (χ4v) is 2.70. The fourth-order valence-electron chi connectivity index (χ4n) is 2.70. The van der Waals surface area contributed by atoms with Crippen molar-refractivity contribution in [3.05, 3.63) is 85.5 Å². The maximum absolute atomic E-state index is 11.8. The number of carbonyl (C=O) groups excluding carboxylic acids is 5. The minimum atomic E-state index is -0.737. The van der Waals surface area contributed by atoms with Gasteiger partial charge in [0.2, 0.25) is 0 Å². The fraction of sp³-hybridized carbons (Fsp3) is 0.321. The van der Waals surface area contributed by atoms with E-state index in [1.54, 1.807) is 33.8 Å². The standard InChI is InChI=1S/C14H15NO5.C7H5NO3.C7H12O3/c1-9(2)20-14(17)13(10(3)16)8-11-5-4-6-12(7-11)15(18)19;9-5-6-2-1-3-7(4-6)8(10)11;1-5(2)10-7(9)4-6(3)8/h4-9H,1-3H3;1-5H;5H,4H2,1-3H3/b13-8-;;. The van der Waals surface area contributed by atoms with Crippen molar-refractivity contribution in [1.29, 1.82) is 0 Å². The Labute approximate surface area is 236 Å². The number of nitrogens with zero attached hydrogens (tertiary/aromatic N) is 2. The second kappa shape index (κ2) is 18.3. The van der Waals surface area contributed by atoms with E-state index in [-0.39, 0.29) is 41.4 Å². The van der Waals surface area contributed by atoms with Gasteiger partial charge in [-0.15, -0.1) is 0 Å². The monoisotopic (exact) mass is 572 g/mol. The van der Waals surface area contributed by atoms with E-state index in [1.807, 2.05) is 0 Å². The van der Waals surface area contributed by atoms with Crippen LogP contribution < -0.4 is 0 Å². The van der Waals surface area contributed by atoms with Crippen molar-refractivity contribution in [3.8, 4) is 0 Å². The van der Waals surface area contributed by atoms with Crippen LogP contribution in [0.4, 0.5) is 11.4 Å². The molecule has 0 aliphatic carbocycles. The number of non-ortho nitro benzene ring substituents is 2. The lowest BCUT2D eigenvalue weighted by atomic mass is 10.1. The number of aldehydes is 1. The third-order valence-electron chi connectivity index (χ3n) is 4.31. The Kier molecular flexibility index (Phi) is 16.0. The van der Waals surface area contributed by atoms with Gasteiger partial charge in [0.1, 0.15) is 24.1 Å². The van der Waals surface area contributed by atoms with Crippen LogP contribution in [0.2, 0.25) is 0 Å². The molecule has 13 nitrogen and oxygen atoms in total. The number of ether oxygens (including phenoxy) is 2. The molecule has 2 rings (SSSR count). The second-order valence-corrected chi connectivity index (χ2v) is 8.81. The molecule has 0 fully saturated rings. The van der Waals surface area contributed by atoms with Gasteiger partial charge in [0, 0.05) is 29.8 Å². The molecule has 2 aromatic carbocycles. The first-order valence-electron chi connectivity index (χ1n) is 12.1. The number of ketones is 2. The highest BCUT2D eigenvalue weighted by molar-refractivity contribution is 6.19. The quantitative estimate of drug-likeness (QED) is 0.0719. The summed E-state index contributed by atoms with van der Waals surface area (Å²) < 4.78 is 9.66. The second-order valence-electron chi connectivity index (χ2n) is 8.81. The zero-order chi connectivity index (χ0) is 31.7. The van der Waals surface area contributed by atoms with E-state index in [2.05, 4.69) is 0 Å². The Hall–Kier alpha value is -5.07. The average Bonchev–Trinajstić information content (AvgIpc) is 2.86. The number of esters is 2. The predicted octanol–water partition coefficient (Wildman–Crippen LogP) is 4.84. The van der Waals surface area contributed by atoms with Crippen LogP contribution in [0.3, 0.4) is 0 Å². The molecule has 0 bridgehead atoms. The zero-order valence-electron chi connectivity index (χ0n) is 23.5. The van der Waals surface area contributed by atoms with Crippen molar-refractivity contribution in [3.63, 3.8) is 0 Å². The van der Waals surface area contributed by atoms with Crippen LogP contribution >= 0.6 is 0 Å². The van der Waals surface area contributed by atoms with E-state index in [0.717, 1.165) is 0 Å².